The van der Waals surface area contributed by atoms with Gasteiger partial charge in [-0.15, -0.1) is 0 Å². The molecule has 0 radical (unpaired) electrons. The summed E-state index contributed by atoms with van der Waals surface area (Å²) in [5.74, 6) is -0.121. The maximum absolute atomic E-state index is 12.7. The van der Waals surface area contributed by atoms with Gasteiger partial charge in [-0.05, 0) is 56.3 Å². The predicted molar refractivity (Wildman–Crippen MR) is 129 cm³/mol. The van der Waals surface area contributed by atoms with Gasteiger partial charge >= 0.3 is 0 Å². The van der Waals surface area contributed by atoms with Gasteiger partial charge in [0.15, 0.2) is 0 Å². The number of ether oxygens (including phenoxy) is 1. The second-order valence-corrected chi connectivity index (χ2v) is 8.01. The number of anilines is 3. The Hall–Kier alpha value is -2.90. The van der Waals surface area contributed by atoms with E-state index in [1.807, 2.05) is 61.5 Å². The molecule has 2 N–H and O–H groups in total. The number of carbonyl (C=O) groups is 2. The van der Waals surface area contributed by atoms with E-state index < -0.39 is 0 Å². The third kappa shape index (κ3) is 7.07. The standard InChI is InChI=1S/C25H34N4O3/c1-3-14-28(20(2)25(31)27-21-7-5-4-6-8-21)15-13-24(30)26-22-9-11-23(12-10-22)29-16-18-32-19-17-29/h4-12,20H,3,13-19H2,1-2H3,(H,26,30)(H,27,31). The highest BCUT2D eigenvalue weighted by molar-refractivity contribution is 5.94. The van der Waals surface area contributed by atoms with Crippen LogP contribution in [0.2, 0.25) is 0 Å². The van der Waals surface area contributed by atoms with Crippen LogP contribution in [-0.2, 0) is 14.3 Å². The summed E-state index contributed by atoms with van der Waals surface area (Å²) in [6.07, 6.45) is 1.24. The minimum atomic E-state index is -0.323. The van der Waals surface area contributed by atoms with Crippen molar-refractivity contribution in [2.75, 3.05) is 54.9 Å². The van der Waals surface area contributed by atoms with Gasteiger partial charge in [0.1, 0.15) is 0 Å². The summed E-state index contributed by atoms with van der Waals surface area (Å²) in [4.78, 5) is 29.5. The summed E-state index contributed by atoms with van der Waals surface area (Å²) >= 11 is 0. The van der Waals surface area contributed by atoms with Crippen molar-refractivity contribution in [3.63, 3.8) is 0 Å². The van der Waals surface area contributed by atoms with Gasteiger partial charge in [-0.3, -0.25) is 14.5 Å². The molecular formula is C25H34N4O3. The van der Waals surface area contributed by atoms with Crippen LogP contribution < -0.4 is 15.5 Å². The van der Waals surface area contributed by atoms with Crippen LogP contribution >= 0.6 is 0 Å². The second-order valence-electron chi connectivity index (χ2n) is 8.01. The smallest absolute Gasteiger partial charge is 0.241 e. The number of hydrogen-bond acceptors (Lipinski definition) is 5. The predicted octanol–water partition coefficient (Wildman–Crippen LogP) is 3.59. The molecule has 0 spiro atoms. The monoisotopic (exact) mass is 438 g/mol. The summed E-state index contributed by atoms with van der Waals surface area (Å²) in [5, 5.41) is 5.92. The fourth-order valence-electron chi connectivity index (χ4n) is 3.77. The SMILES string of the molecule is CCCN(CCC(=O)Nc1ccc(N2CCOCC2)cc1)C(C)C(=O)Nc1ccccc1. The molecule has 7 nitrogen and oxygen atoms in total. The Morgan fingerprint density at radius 3 is 2.28 bits per heavy atom. The summed E-state index contributed by atoms with van der Waals surface area (Å²) in [5.41, 5.74) is 2.70. The van der Waals surface area contributed by atoms with Gasteiger partial charge in [0.2, 0.25) is 11.8 Å². The fourth-order valence-corrected chi connectivity index (χ4v) is 3.77. The van der Waals surface area contributed by atoms with E-state index in [0.29, 0.717) is 13.0 Å². The van der Waals surface area contributed by atoms with Crippen molar-refractivity contribution in [3.05, 3.63) is 54.6 Å². The molecule has 0 saturated carbocycles. The molecule has 7 heteroatoms. The van der Waals surface area contributed by atoms with E-state index in [0.717, 1.165) is 56.3 Å². The van der Waals surface area contributed by atoms with Gasteiger partial charge < -0.3 is 20.3 Å². The zero-order chi connectivity index (χ0) is 22.8. The van der Waals surface area contributed by atoms with E-state index in [4.69, 9.17) is 4.74 Å². The molecular weight excluding hydrogens is 404 g/mol. The van der Waals surface area contributed by atoms with E-state index in [-0.39, 0.29) is 17.9 Å². The minimum absolute atomic E-state index is 0.0547. The highest BCUT2D eigenvalue weighted by Gasteiger charge is 2.21. The van der Waals surface area contributed by atoms with E-state index in [1.54, 1.807) is 0 Å². The third-order valence-electron chi connectivity index (χ3n) is 5.63. The van der Waals surface area contributed by atoms with E-state index in [2.05, 4.69) is 27.4 Å². The van der Waals surface area contributed by atoms with Crippen LogP contribution in [0.1, 0.15) is 26.7 Å². The number of para-hydroxylation sites is 1. The zero-order valence-electron chi connectivity index (χ0n) is 19.0. The quantitative estimate of drug-likeness (QED) is 0.593. The Balaban J connectivity index is 1.49. The molecule has 2 aromatic carbocycles. The number of hydrogen-bond donors (Lipinski definition) is 2. The van der Waals surface area contributed by atoms with E-state index in [9.17, 15) is 9.59 Å². The van der Waals surface area contributed by atoms with Crippen molar-refractivity contribution in [1.29, 1.82) is 0 Å². The van der Waals surface area contributed by atoms with Crippen molar-refractivity contribution < 1.29 is 14.3 Å². The first-order valence-corrected chi connectivity index (χ1v) is 11.4. The molecule has 1 unspecified atom stereocenters. The largest absolute Gasteiger partial charge is 0.378 e. The average Bonchev–Trinajstić information content (AvgIpc) is 2.83. The maximum Gasteiger partial charge on any atom is 0.241 e. The number of carbonyl (C=O) groups excluding carboxylic acids is 2. The Morgan fingerprint density at radius 2 is 1.62 bits per heavy atom. The van der Waals surface area contributed by atoms with Gasteiger partial charge in [-0.2, -0.15) is 0 Å². The minimum Gasteiger partial charge on any atom is -0.378 e. The number of nitrogens with zero attached hydrogens (tertiary/aromatic N) is 2. The van der Waals surface area contributed by atoms with Crippen molar-refractivity contribution in [2.24, 2.45) is 0 Å². The van der Waals surface area contributed by atoms with Crippen LogP contribution in [0, 0.1) is 0 Å². The van der Waals surface area contributed by atoms with Gasteiger partial charge in [0, 0.05) is 43.1 Å². The first kappa shape index (κ1) is 23.8. The summed E-state index contributed by atoms with van der Waals surface area (Å²) in [7, 11) is 0. The van der Waals surface area contributed by atoms with Crippen molar-refractivity contribution >= 4 is 28.9 Å². The molecule has 1 saturated heterocycles. The van der Waals surface area contributed by atoms with E-state index >= 15 is 0 Å². The summed E-state index contributed by atoms with van der Waals surface area (Å²) < 4.78 is 5.39. The van der Waals surface area contributed by atoms with Gasteiger partial charge in [-0.25, -0.2) is 0 Å². The van der Waals surface area contributed by atoms with Gasteiger partial charge in [0.25, 0.3) is 0 Å². The Morgan fingerprint density at radius 1 is 0.969 bits per heavy atom. The van der Waals surface area contributed by atoms with Crippen LogP contribution in [0.4, 0.5) is 17.1 Å². The molecule has 2 aromatic rings. The fraction of sp³-hybridized carbons (Fsp3) is 0.440. The molecule has 0 aliphatic carbocycles. The number of benzene rings is 2. The molecule has 1 heterocycles. The van der Waals surface area contributed by atoms with E-state index in [1.165, 1.54) is 0 Å². The topological polar surface area (TPSA) is 73.9 Å². The Labute approximate surface area is 190 Å². The highest BCUT2D eigenvalue weighted by Crippen LogP contribution is 2.19. The zero-order valence-corrected chi connectivity index (χ0v) is 19.0. The highest BCUT2D eigenvalue weighted by atomic mass is 16.5. The number of morpholine rings is 1. The molecule has 32 heavy (non-hydrogen) atoms. The third-order valence-corrected chi connectivity index (χ3v) is 5.63. The van der Waals surface area contributed by atoms with Crippen molar-refractivity contribution in [2.45, 2.75) is 32.7 Å². The molecule has 172 valence electrons. The maximum atomic E-state index is 12.7. The molecule has 1 aliphatic heterocycles. The Bertz CT molecular complexity index is 851. The van der Waals surface area contributed by atoms with Crippen LogP contribution in [-0.4, -0.2) is 62.1 Å². The molecule has 1 fully saturated rings. The molecule has 0 bridgehead atoms. The first-order valence-electron chi connectivity index (χ1n) is 11.4. The van der Waals surface area contributed by atoms with Crippen LogP contribution in [0.25, 0.3) is 0 Å². The van der Waals surface area contributed by atoms with Crippen molar-refractivity contribution in [3.8, 4) is 0 Å². The first-order chi connectivity index (χ1) is 15.6. The lowest BCUT2D eigenvalue weighted by Gasteiger charge is -2.29. The van der Waals surface area contributed by atoms with Crippen molar-refractivity contribution in [1.82, 2.24) is 4.90 Å². The lowest BCUT2D eigenvalue weighted by molar-refractivity contribution is -0.122. The van der Waals surface area contributed by atoms with Gasteiger partial charge in [0.05, 0.1) is 19.3 Å². The second kappa shape index (κ2) is 12.2. The normalized spacial score (nSPS) is 14.8. The number of nitrogens with one attached hydrogen (secondary N) is 2. The lowest BCUT2D eigenvalue weighted by atomic mass is 10.2. The lowest BCUT2D eigenvalue weighted by Crippen LogP contribution is -2.43. The summed E-state index contributed by atoms with van der Waals surface area (Å²) in [6.45, 7) is 8.49. The average molecular weight is 439 g/mol. The van der Waals surface area contributed by atoms with Crippen LogP contribution in [0.5, 0.6) is 0 Å². The molecule has 0 aromatic heterocycles. The molecule has 1 aliphatic rings. The molecule has 2 amide bonds. The van der Waals surface area contributed by atoms with Gasteiger partial charge in [-0.1, -0.05) is 25.1 Å². The van der Waals surface area contributed by atoms with Crippen LogP contribution in [0.15, 0.2) is 54.6 Å². The molecule has 1 atom stereocenters. The Kier molecular flexibility index (Phi) is 9.07. The molecule has 3 rings (SSSR count). The number of rotatable bonds is 10. The van der Waals surface area contributed by atoms with Crippen LogP contribution in [0.3, 0.4) is 0 Å². The number of amides is 2. The summed E-state index contributed by atoms with van der Waals surface area (Å²) in [6, 6.07) is 17.0.